The number of rotatable bonds is 5. The van der Waals surface area contributed by atoms with Gasteiger partial charge in [0, 0.05) is 31.6 Å². The van der Waals surface area contributed by atoms with Crippen LogP contribution in [0.5, 0.6) is 0 Å². The Bertz CT molecular complexity index is 251. The average molecular weight is 194 g/mol. The van der Waals surface area contributed by atoms with E-state index in [1.54, 1.807) is 7.11 Å². The van der Waals surface area contributed by atoms with Crippen molar-refractivity contribution in [3.63, 3.8) is 0 Å². The van der Waals surface area contributed by atoms with Crippen molar-refractivity contribution in [2.75, 3.05) is 13.7 Å². The van der Waals surface area contributed by atoms with Crippen LogP contribution in [0.3, 0.4) is 0 Å². The number of nitrogens with one attached hydrogen (secondary N) is 1. The van der Waals surface area contributed by atoms with Crippen molar-refractivity contribution >= 4 is 0 Å². The van der Waals surface area contributed by atoms with E-state index in [1.165, 1.54) is 5.56 Å². The van der Waals surface area contributed by atoms with Gasteiger partial charge in [0.2, 0.25) is 0 Å². The maximum Gasteiger partial charge on any atom is 0.0613 e. The van der Waals surface area contributed by atoms with Crippen molar-refractivity contribution in [1.82, 2.24) is 10.3 Å². The highest BCUT2D eigenvalue weighted by molar-refractivity contribution is 5.14. The molecule has 0 aliphatic heterocycles. The second-order valence-electron chi connectivity index (χ2n) is 3.53. The van der Waals surface area contributed by atoms with E-state index in [0.717, 1.165) is 6.61 Å². The summed E-state index contributed by atoms with van der Waals surface area (Å²) in [6.45, 7) is 4.98. The first-order valence-electron chi connectivity index (χ1n) is 4.89. The monoisotopic (exact) mass is 194 g/mol. The van der Waals surface area contributed by atoms with Crippen LogP contribution in [-0.4, -0.2) is 24.7 Å². The van der Waals surface area contributed by atoms with Gasteiger partial charge in [0.15, 0.2) is 0 Å². The summed E-state index contributed by atoms with van der Waals surface area (Å²) in [4.78, 5) is 3.99. The molecule has 0 radical (unpaired) electrons. The number of nitrogens with zero attached hydrogens (tertiary/aromatic N) is 1. The largest absolute Gasteiger partial charge is 0.383 e. The number of hydrogen-bond donors (Lipinski definition) is 1. The van der Waals surface area contributed by atoms with E-state index in [9.17, 15) is 0 Å². The SMILES string of the molecule is COCC(C)N[C@H](C)c1ccncc1. The molecule has 78 valence electrons. The molecule has 0 spiro atoms. The molecular formula is C11H18N2O. The van der Waals surface area contributed by atoms with E-state index in [1.807, 2.05) is 24.5 Å². The normalized spacial score (nSPS) is 15.1. The molecule has 0 fully saturated rings. The van der Waals surface area contributed by atoms with E-state index in [4.69, 9.17) is 4.74 Å². The van der Waals surface area contributed by atoms with Crippen LogP contribution in [0.2, 0.25) is 0 Å². The molecule has 2 atom stereocenters. The van der Waals surface area contributed by atoms with Crippen LogP contribution in [-0.2, 0) is 4.74 Å². The van der Waals surface area contributed by atoms with Crippen molar-refractivity contribution in [3.05, 3.63) is 30.1 Å². The van der Waals surface area contributed by atoms with Crippen LogP contribution in [0.25, 0.3) is 0 Å². The van der Waals surface area contributed by atoms with Crippen LogP contribution < -0.4 is 5.32 Å². The van der Waals surface area contributed by atoms with Gasteiger partial charge in [0.05, 0.1) is 6.61 Å². The molecular weight excluding hydrogens is 176 g/mol. The molecule has 3 nitrogen and oxygen atoms in total. The molecule has 0 aromatic carbocycles. The van der Waals surface area contributed by atoms with E-state index < -0.39 is 0 Å². The van der Waals surface area contributed by atoms with Crippen LogP contribution in [0.15, 0.2) is 24.5 Å². The minimum atomic E-state index is 0.336. The molecule has 1 rings (SSSR count). The van der Waals surface area contributed by atoms with Gasteiger partial charge in [-0.3, -0.25) is 4.98 Å². The Labute approximate surface area is 85.5 Å². The van der Waals surface area contributed by atoms with E-state index >= 15 is 0 Å². The topological polar surface area (TPSA) is 34.1 Å². The third-order valence-corrected chi connectivity index (χ3v) is 2.16. The van der Waals surface area contributed by atoms with Crippen molar-refractivity contribution < 1.29 is 4.74 Å². The van der Waals surface area contributed by atoms with Gasteiger partial charge in [0.1, 0.15) is 0 Å². The maximum absolute atomic E-state index is 5.07. The fourth-order valence-corrected chi connectivity index (χ4v) is 1.47. The fourth-order valence-electron chi connectivity index (χ4n) is 1.47. The summed E-state index contributed by atoms with van der Waals surface area (Å²) in [5.41, 5.74) is 1.25. The number of methoxy groups -OCH3 is 1. The summed E-state index contributed by atoms with van der Waals surface area (Å²) in [5.74, 6) is 0. The zero-order valence-electron chi connectivity index (χ0n) is 9.03. The molecule has 0 saturated carbocycles. The van der Waals surface area contributed by atoms with Gasteiger partial charge in [-0.1, -0.05) is 0 Å². The Balaban J connectivity index is 2.46. The maximum atomic E-state index is 5.07. The predicted octanol–water partition coefficient (Wildman–Crippen LogP) is 1.77. The van der Waals surface area contributed by atoms with Crippen molar-refractivity contribution in [2.24, 2.45) is 0 Å². The lowest BCUT2D eigenvalue weighted by Gasteiger charge is -2.19. The number of aromatic nitrogens is 1. The molecule has 0 aliphatic rings. The Kier molecular flexibility index (Phi) is 4.56. The summed E-state index contributed by atoms with van der Waals surface area (Å²) in [6.07, 6.45) is 3.63. The number of hydrogen-bond acceptors (Lipinski definition) is 3. The van der Waals surface area contributed by atoms with E-state index in [2.05, 4.69) is 24.1 Å². The zero-order valence-corrected chi connectivity index (χ0v) is 9.03. The highest BCUT2D eigenvalue weighted by atomic mass is 16.5. The molecule has 1 N–H and O–H groups in total. The minimum absolute atomic E-state index is 0.336. The van der Waals surface area contributed by atoms with Crippen LogP contribution >= 0.6 is 0 Å². The first-order chi connectivity index (χ1) is 6.74. The quantitative estimate of drug-likeness (QED) is 0.775. The fraction of sp³-hybridized carbons (Fsp3) is 0.545. The first kappa shape index (κ1) is 11.1. The number of ether oxygens (including phenoxy) is 1. The van der Waals surface area contributed by atoms with Gasteiger partial charge in [-0.05, 0) is 31.5 Å². The Morgan fingerprint density at radius 3 is 2.57 bits per heavy atom. The molecule has 1 aromatic rings. The molecule has 0 amide bonds. The summed E-state index contributed by atoms with van der Waals surface area (Å²) in [5, 5.41) is 3.44. The summed E-state index contributed by atoms with van der Waals surface area (Å²) < 4.78 is 5.07. The highest BCUT2D eigenvalue weighted by Gasteiger charge is 2.08. The third-order valence-electron chi connectivity index (χ3n) is 2.16. The lowest BCUT2D eigenvalue weighted by molar-refractivity contribution is 0.167. The second kappa shape index (κ2) is 5.73. The minimum Gasteiger partial charge on any atom is -0.383 e. The average Bonchev–Trinajstić information content (AvgIpc) is 2.19. The first-order valence-corrected chi connectivity index (χ1v) is 4.89. The smallest absolute Gasteiger partial charge is 0.0613 e. The lowest BCUT2D eigenvalue weighted by Crippen LogP contribution is -2.32. The predicted molar refractivity (Wildman–Crippen MR) is 57.1 cm³/mol. The van der Waals surface area contributed by atoms with Crippen molar-refractivity contribution in [1.29, 1.82) is 0 Å². The lowest BCUT2D eigenvalue weighted by atomic mass is 10.1. The summed E-state index contributed by atoms with van der Waals surface area (Å²) >= 11 is 0. The third kappa shape index (κ3) is 3.44. The standard InChI is InChI=1S/C11H18N2O/c1-9(8-14-3)13-10(2)11-4-6-12-7-5-11/h4-7,9-10,13H,8H2,1-3H3/t9?,10-/m1/s1. The van der Waals surface area contributed by atoms with Gasteiger partial charge in [-0.15, -0.1) is 0 Å². The Hall–Kier alpha value is -0.930. The van der Waals surface area contributed by atoms with E-state index in [-0.39, 0.29) is 0 Å². The van der Waals surface area contributed by atoms with E-state index in [0.29, 0.717) is 12.1 Å². The van der Waals surface area contributed by atoms with Crippen molar-refractivity contribution in [3.8, 4) is 0 Å². The molecule has 1 heterocycles. The molecule has 0 aliphatic carbocycles. The highest BCUT2D eigenvalue weighted by Crippen LogP contribution is 2.10. The second-order valence-corrected chi connectivity index (χ2v) is 3.53. The van der Waals surface area contributed by atoms with Crippen LogP contribution in [0.1, 0.15) is 25.5 Å². The van der Waals surface area contributed by atoms with Gasteiger partial charge in [-0.2, -0.15) is 0 Å². The van der Waals surface area contributed by atoms with Crippen molar-refractivity contribution in [2.45, 2.75) is 25.9 Å². The van der Waals surface area contributed by atoms with Gasteiger partial charge < -0.3 is 10.1 Å². The van der Waals surface area contributed by atoms with Gasteiger partial charge >= 0.3 is 0 Å². The molecule has 14 heavy (non-hydrogen) atoms. The Morgan fingerprint density at radius 2 is 2.00 bits per heavy atom. The molecule has 1 unspecified atom stereocenters. The van der Waals surface area contributed by atoms with Crippen LogP contribution in [0.4, 0.5) is 0 Å². The molecule has 0 bridgehead atoms. The molecule has 1 aromatic heterocycles. The summed E-state index contributed by atoms with van der Waals surface area (Å²) in [7, 11) is 1.72. The summed E-state index contributed by atoms with van der Waals surface area (Å²) in [6, 6.07) is 4.75. The molecule has 0 saturated heterocycles. The number of pyridine rings is 1. The Morgan fingerprint density at radius 1 is 1.36 bits per heavy atom. The van der Waals surface area contributed by atoms with Crippen LogP contribution in [0, 0.1) is 0 Å². The molecule has 3 heteroatoms. The zero-order chi connectivity index (χ0) is 10.4. The van der Waals surface area contributed by atoms with Gasteiger partial charge in [0.25, 0.3) is 0 Å². The van der Waals surface area contributed by atoms with Gasteiger partial charge in [-0.25, -0.2) is 0 Å².